The summed E-state index contributed by atoms with van der Waals surface area (Å²) >= 11 is 0. The Morgan fingerprint density at radius 2 is 0.986 bits per heavy atom. The number of imidazole rings is 1. The molecule has 0 radical (unpaired) electrons. The van der Waals surface area contributed by atoms with E-state index >= 15 is 0 Å². The van der Waals surface area contributed by atoms with Crippen molar-refractivity contribution in [2.24, 2.45) is 7.05 Å². The summed E-state index contributed by atoms with van der Waals surface area (Å²) in [6.07, 6.45) is 13.8. The number of hydrogen-bond acceptors (Lipinski definition) is 4. The average molecular weight is 906 g/mol. The van der Waals surface area contributed by atoms with Gasteiger partial charge in [-0.1, -0.05) is 182 Å². The maximum atomic E-state index is 4.78. The molecule has 340 valence electrons. The Morgan fingerprint density at radius 1 is 0.400 bits per heavy atom. The molecule has 0 fully saturated rings. The smallest absolute Gasteiger partial charge is 0.139 e. The molecule has 70 heavy (non-hydrogen) atoms. The molecule has 0 amide bonds. The van der Waals surface area contributed by atoms with E-state index in [-0.39, 0.29) is 6.17 Å². The minimum atomic E-state index is 0.174. The quantitative estimate of drug-likeness (QED) is 0.118. The summed E-state index contributed by atoms with van der Waals surface area (Å²) in [7, 11) is 4.15. The lowest BCUT2D eigenvalue weighted by Crippen LogP contribution is -2.23. The third kappa shape index (κ3) is 9.60. The van der Waals surface area contributed by atoms with Crippen molar-refractivity contribution in [2.75, 3.05) is 7.05 Å². The van der Waals surface area contributed by atoms with Crippen LogP contribution in [0.1, 0.15) is 34.0 Å². The molecule has 0 saturated heterocycles. The fourth-order valence-corrected chi connectivity index (χ4v) is 9.93. The van der Waals surface area contributed by atoms with Gasteiger partial charge in [0.1, 0.15) is 12.0 Å². The van der Waals surface area contributed by atoms with Crippen LogP contribution in [0.3, 0.4) is 0 Å². The average Bonchev–Trinajstić information content (AvgIpc) is 4.07. The highest BCUT2D eigenvalue weighted by molar-refractivity contribution is 5.94. The molecule has 0 spiro atoms. The summed E-state index contributed by atoms with van der Waals surface area (Å²) in [6.45, 7) is 0. The molecule has 5 nitrogen and oxygen atoms in total. The van der Waals surface area contributed by atoms with Gasteiger partial charge in [0, 0.05) is 56.2 Å². The van der Waals surface area contributed by atoms with Crippen LogP contribution in [-0.4, -0.2) is 26.5 Å². The zero-order chi connectivity index (χ0) is 47.2. The topological polar surface area (TPSA) is 46.0 Å². The van der Waals surface area contributed by atoms with E-state index in [1.807, 2.05) is 37.9 Å². The lowest BCUT2D eigenvalue weighted by atomic mass is 9.86. The molecule has 2 aromatic heterocycles. The molecule has 1 unspecified atom stereocenters. The van der Waals surface area contributed by atoms with Crippen molar-refractivity contribution in [3.05, 3.63) is 265 Å². The van der Waals surface area contributed by atoms with E-state index in [1.54, 1.807) is 0 Å². The number of benzene rings is 8. The Bertz CT molecular complexity index is 3410. The number of nitrogens with zero attached hydrogens (tertiary/aromatic N) is 4. The minimum Gasteiger partial charge on any atom is -0.366 e. The van der Waals surface area contributed by atoms with Crippen LogP contribution in [0.25, 0.3) is 78.3 Å². The first kappa shape index (κ1) is 44.0. The van der Waals surface area contributed by atoms with E-state index in [2.05, 4.69) is 233 Å². The maximum Gasteiger partial charge on any atom is 0.139 e. The molecule has 1 N–H and O–H groups in total. The van der Waals surface area contributed by atoms with Crippen LogP contribution in [0.2, 0.25) is 0 Å². The van der Waals surface area contributed by atoms with Gasteiger partial charge in [-0.25, -0.2) is 4.98 Å². The van der Waals surface area contributed by atoms with E-state index in [1.165, 1.54) is 77.9 Å². The molecule has 0 aliphatic carbocycles. The molecule has 1 aliphatic heterocycles. The first-order valence-corrected chi connectivity index (χ1v) is 24.3. The molecule has 10 aromatic rings. The third-order valence-electron chi connectivity index (χ3n) is 13.8. The van der Waals surface area contributed by atoms with Crippen LogP contribution in [-0.2, 0) is 32.7 Å². The molecule has 1 aliphatic rings. The summed E-state index contributed by atoms with van der Waals surface area (Å²) in [6, 6.07) is 75.8. The molecule has 0 bridgehead atoms. The van der Waals surface area contributed by atoms with Gasteiger partial charge in [-0.05, 0) is 133 Å². The summed E-state index contributed by atoms with van der Waals surface area (Å²) < 4.78 is 2.07. The van der Waals surface area contributed by atoms with Crippen LogP contribution < -0.4 is 5.32 Å². The van der Waals surface area contributed by atoms with Gasteiger partial charge >= 0.3 is 0 Å². The molecule has 5 heteroatoms. The van der Waals surface area contributed by atoms with Crippen molar-refractivity contribution < 1.29 is 0 Å². The zero-order valence-electron chi connectivity index (χ0n) is 39.7. The van der Waals surface area contributed by atoms with Crippen LogP contribution in [0.4, 0.5) is 0 Å². The minimum absolute atomic E-state index is 0.174. The highest BCUT2D eigenvalue weighted by Gasteiger charge is 2.18. The second kappa shape index (κ2) is 20.0. The van der Waals surface area contributed by atoms with Gasteiger partial charge < -0.3 is 14.8 Å². The zero-order valence-corrected chi connectivity index (χ0v) is 39.7. The number of nitrogens with one attached hydrogen (secondary N) is 1. The Kier molecular flexibility index (Phi) is 12.6. The van der Waals surface area contributed by atoms with Crippen LogP contribution in [0, 0.1) is 0 Å². The van der Waals surface area contributed by atoms with Gasteiger partial charge in [-0.2, -0.15) is 0 Å². The standard InChI is InChI=1S/C65H55N5/c1-69-39-37-67-64(69)53-26-22-46(23-27-53)18-20-48-41-49(21-19-47-24-28-54(29-25-47)65-68-38-40-70(65)2)43-58(42-48)59-15-6-7-16-60(59)61-35-34-57(63-17-8-9-36-66-63)45-62(61)56-14-10-13-55(44-56)52-32-30-51(31-33-52)50-11-4-3-5-12-50/h3-17,22-45,64,67H,18-21H2,1-2H3. The summed E-state index contributed by atoms with van der Waals surface area (Å²) in [5.74, 6) is 0.979. The van der Waals surface area contributed by atoms with Gasteiger partial charge in [0.15, 0.2) is 0 Å². The summed E-state index contributed by atoms with van der Waals surface area (Å²) in [4.78, 5) is 11.6. The molecular formula is C65H55N5. The number of rotatable bonds is 14. The summed E-state index contributed by atoms with van der Waals surface area (Å²) in [5.41, 5.74) is 21.7. The molecular weight excluding hydrogens is 851 g/mol. The van der Waals surface area contributed by atoms with Crippen molar-refractivity contribution in [3.8, 4) is 78.3 Å². The molecule has 1 atom stereocenters. The highest BCUT2D eigenvalue weighted by atomic mass is 15.3. The van der Waals surface area contributed by atoms with Gasteiger partial charge in [0.2, 0.25) is 0 Å². The van der Waals surface area contributed by atoms with Gasteiger partial charge in [-0.3, -0.25) is 4.98 Å². The second-order valence-electron chi connectivity index (χ2n) is 18.4. The number of aromatic nitrogens is 3. The van der Waals surface area contributed by atoms with Crippen LogP contribution in [0.15, 0.2) is 237 Å². The largest absolute Gasteiger partial charge is 0.366 e. The normalized spacial score (nSPS) is 13.1. The van der Waals surface area contributed by atoms with E-state index in [0.717, 1.165) is 53.9 Å². The Labute approximate surface area is 412 Å². The Balaban J connectivity index is 0.955. The Morgan fingerprint density at radius 3 is 1.66 bits per heavy atom. The summed E-state index contributed by atoms with van der Waals surface area (Å²) in [5, 5.41) is 3.46. The molecule has 0 saturated carbocycles. The fraction of sp³-hybridized carbons (Fsp3) is 0.108. The SMILES string of the molecule is CN1C=CNC1c1ccc(CCc2cc(CCc3ccc(-c4nccn4C)cc3)cc(-c3ccccc3-c3ccc(-c4ccccn4)cc3-c3cccc(-c4ccc(-c5ccccc5)cc4)c3)c2)cc1. The lowest BCUT2D eigenvalue weighted by molar-refractivity contribution is 0.340. The number of pyridine rings is 1. The van der Waals surface area contributed by atoms with E-state index in [4.69, 9.17) is 4.98 Å². The van der Waals surface area contributed by atoms with Crippen molar-refractivity contribution in [3.63, 3.8) is 0 Å². The highest BCUT2D eigenvalue weighted by Crippen LogP contribution is 2.42. The van der Waals surface area contributed by atoms with E-state index in [0.29, 0.717) is 0 Å². The van der Waals surface area contributed by atoms with E-state index < -0.39 is 0 Å². The Hall–Kier alpha value is -8.54. The van der Waals surface area contributed by atoms with Gasteiger partial charge in [0.05, 0.1) is 5.69 Å². The van der Waals surface area contributed by atoms with Crippen molar-refractivity contribution >= 4 is 0 Å². The van der Waals surface area contributed by atoms with Gasteiger partial charge in [0.25, 0.3) is 0 Å². The predicted molar refractivity (Wildman–Crippen MR) is 290 cm³/mol. The third-order valence-corrected chi connectivity index (χ3v) is 13.8. The molecule has 8 aromatic carbocycles. The predicted octanol–water partition coefficient (Wildman–Crippen LogP) is 15.1. The van der Waals surface area contributed by atoms with Crippen molar-refractivity contribution in [2.45, 2.75) is 31.8 Å². The fourth-order valence-electron chi connectivity index (χ4n) is 9.93. The second-order valence-corrected chi connectivity index (χ2v) is 18.4. The molecule has 11 rings (SSSR count). The van der Waals surface area contributed by atoms with Gasteiger partial charge in [-0.15, -0.1) is 0 Å². The first-order valence-electron chi connectivity index (χ1n) is 24.3. The van der Waals surface area contributed by atoms with Crippen molar-refractivity contribution in [1.29, 1.82) is 0 Å². The maximum absolute atomic E-state index is 4.78. The monoisotopic (exact) mass is 905 g/mol. The lowest BCUT2D eigenvalue weighted by Gasteiger charge is -2.21. The number of hydrogen-bond donors (Lipinski definition) is 1. The number of aryl methyl sites for hydroxylation is 5. The molecule has 3 heterocycles. The van der Waals surface area contributed by atoms with Crippen LogP contribution >= 0.6 is 0 Å². The first-order chi connectivity index (χ1) is 34.5. The van der Waals surface area contributed by atoms with Crippen molar-refractivity contribution in [1.82, 2.24) is 24.8 Å². The van der Waals surface area contributed by atoms with E-state index in [9.17, 15) is 0 Å². The van der Waals surface area contributed by atoms with Crippen LogP contribution in [0.5, 0.6) is 0 Å².